The van der Waals surface area contributed by atoms with Gasteiger partial charge in [-0.3, -0.25) is 0 Å². The smallest absolute Gasteiger partial charge is 0.0590 e. The molecule has 0 saturated heterocycles. The Morgan fingerprint density at radius 1 is 0.929 bits per heavy atom. The minimum atomic E-state index is -0.293. The summed E-state index contributed by atoms with van der Waals surface area (Å²) in [4.78, 5) is 0. The van der Waals surface area contributed by atoms with Crippen LogP contribution in [0.3, 0.4) is 0 Å². The number of rotatable bonds is 9. The zero-order valence-electron chi connectivity index (χ0n) is 9.71. The van der Waals surface area contributed by atoms with E-state index in [0.29, 0.717) is 0 Å². The number of hydrogen-bond donors (Lipinski definition) is 2. The molecule has 2 heteroatoms. The minimum absolute atomic E-state index is 0.104. The van der Waals surface area contributed by atoms with Crippen molar-refractivity contribution in [2.24, 2.45) is 5.92 Å². The first kappa shape index (κ1) is 13.9. The molecule has 0 spiro atoms. The molecule has 86 valence electrons. The van der Waals surface area contributed by atoms with Gasteiger partial charge in [0.05, 0.1) is 6.10 Å². The summed E-state index contributed by atoms with van der Waals surface area (Å²) in [6.45, 7) is 4.43. The summed E-state index contributed by atoms with van der Waals surface area (Å²) in [5.41, 5.74) is 0. The summed E-state index contributed by atoms with van der Waals surface area (Å²) in [5, 5.41) is 18.9. The molecule has 0 aromatic carbocycles. The molecule has 0 bridgehead atoms. The van der Waals surface area contributed by atoms with Crippen molar-refractivity contribution in [2.45, 2.75) is 64.9 Å². The lowest BCUT2D eigenvalue weighted by Gasteiger charge is -2.20. The normalized spacial score (nSPS) is 15.4. The third-order valence-corrected chi connectivity index (χ3v) is 2.81. The van der Waals surface area contributed by atoms with E-state index in [1.807, 2.05) is 0 Å². The summed E-state index contributed by atoms with van der Waals surface area (Å²) < 4.78 is 0. The lowest BCUT2D eigenvalue weighted by atomic mass is 9.93. The Kier molecular flexibility index (Phi) is 9.42. The van der Waals surface area contributed by atoms with E-state index in [1.54, 1.807) is 0 Å². The van der Waals surface area contributed by atoms with Crippen molar-refractivity contribution in [1.82, 2.24) is 0 Å². The first-order chi connectivity index (χ1) is 6.76. The Bertz CT molecular complexity index is 115. The van der Waals surface area contributed by atoms with Gasteiger partial charge in [0.15, 0.2) is 0 Å². The predicted octanol–water partition coefficient (Wildman–Crippen LogP) is 2.73. The lowest BCUT2D eigenvalue weighted by Crippen LogP contribution is -2.23. The molecule has 0 rings (SSSR count). The fraction of sp³-hybridized carbons (Fsp3) is 1.00. The standard InChI is InChI=1S/C12H26O2/c1-3-5-7-9-12(14)11(10-13)8-6-4-2/h11-14H,3-10H2,1-2H3/t11-,12-/m1/s1. The van der Waals surface area contributed by atoms with Crippen LogP contribution in [-0.4, -0.2) is 22.9 Å². The van der Waals surface area contributed by atoms with E-state index < -0.39 is 0 Å². The fourth-order valence-electron chi connectivity index (χ4n) is 1.71. The van der Waals surface area contributed by atoms with Crippen molar-refractivity contribution in [3.63, 3.8) is 0 Å². The molecule has 0 amide bonds. The van der Waals surface area contributed by atoms with Gasteiger partial charge in [-0.2, -0.15) is 0 Å². The molecule has 14 heavy (non-hydrogen) atoms. The van der Waals surface area contributed by atoms with E-state index >= 15 is 0 Å². The summed E-state index contributed by atoms with van der Waals surface area (Å²) in [7, 11) is 0. The Morgan fingerprint density at radius 2 is 1.57 bits per heavy atom. The highest BCUT2D eigenvalue weighted by molar-refractivity contribution is 4.68. The number of aliphatic hydroxyl groups excluding tert-OH is 2. The molecule has 2 N–H and O–H groups in total. The van der Waals surface area contributed by atoms with Gasteiger partial charge in [-0.1, -0.05) is 46.0 Å². The second-order valence-electron chi connectivity index (χ2n) is 4.15. The minimum Gasteiger partial charge on any atom is -0.396 e. The monoisotopic (exact) mass is 202 g/mol. The van der Waals surface area contributed by atoms with Crippen LogP contribution in [0.25, 0.3) is 0 Å². The Balaban J connectivity index is 3.61. The van der Waals surface area contributed by atoms with E-state index in [-0.39, 0.29) is 18.6 Å². The maximum Gasteiger partial charge on any atom is 0.0590 e. The molecular formula is C12H26O2. The van der Waals surface area contributed by atoms with E-state index in [0.717, 1.165) is 32.1 Å². The Morgan fingerprint density at radius 3 is 2.07 bits per heavy atom. The predicted molar refractivity (Wildman–Crippen MR) is 60.2 cm³/mol. The zero-order chi connectivity index (χ0) is 10.8. The van der Waals surface area contributed by atoms with Gasteiger partial charge in [-0.15, -0.1) is 0 Å². The van der Waals surface area contributed by atoms with Gasteiger partial charge in [0.2, 0.25) is 0 Å². The number of hydrogen-bond acceptors (Lipinski definition) is 2. The van der Waals surface area contributed by atoms with E-state index in [1.165, 1.54) is 12.8 Å². The van der Waals surface area contributed by atoms with Gasteiger partial charge < -0.3 is 10.2 Å². The van der Waals surface area contributed by atoms with Crippen LogP contribution in [0.1, 0.15) is 58.8 Å². The van der Waals surface area contributed by atoms with Crippen molar-refractivity contribution < 1.29 is 10.2 Å². The number of aliphatic hydroxyl groups is 2. The van der Waals surface area contributed by atoms with E-state index in [4.69, 9.17) is 5.11 Å². The van der Waals surface area contributed by atoms with Gasteiger partial charge in [-0.05, 0) is 12.8 Å². The van der Waals surface area contributed by atoms with Gasteiger partial charge in [-0.25, -0.2) is 0 Å². The van der Waals surface area contributed by atoms with Gasteiger partial charge in [0.25, 0.3) is 0 Å². The van der Waals surface area contributed by atoms with Crippen molar-refractivity contribution in [3.05, 3.63) is 0 Å². The van der Waals surface area contributed by atoms with E-state index in [9.17, 15) is 5.11 Å². The summed E-state index contributed by atoms with van der Waals surface area (Å²) >= 11 is 0. The molecule has 0 saturated carbocycles. The molecule has 0 heterocycles. The van der Waals surface area contributed by atoms with Gasteiger partial charge in [0.1, 0.15) is 0 Å². The molecule has 0 aromatic heterocycles. The van der Waals surface area contributed by atoms with Crippen molar-refractivity contribution in [2.75, 3.05) is 6.61 Å². The van der Waals surface area contributed by atoms with Gasteiger partial charge >= 0.3 is 0 Å². The molecule has 0 radical (unpaired) electrons. The maximum atomic E-state index is 9.80. The summed E-state index contributed by atoms with van der Waals surface area (Å²) in [6.07, 6.45) is 7.21. The van der Waals surface area contributed by atoms with Crippen LogP contribution in [0.15, 0.2) is 0 Å². The highest BCUT2D eigenvalue weighted by atomic mass is 16.3. The third kappa shape index (κ3) is 6.39. The molecule has 0 aliphatic heterocycles. The van der Waals surface area contributed by atoms with Crippen LogP contribution >= 0.6 is 0 Å². The Hall–Kier alpha value is -0.0800. The van der Waals surface area contributed by atoms with Crippen LogP contribution in [-0.2, 0) is 0 Å². The summed E-state index contributed by atoms with van der Waals surface area (Å²) in [6, 6.07) is 0. The second kappa shape index (κ2) is 9.47. The molecule has 0 aromatic rings. The first-order valence-electron chi connectivity index (χ1n) is 6.05. The fourth-order valence-corrected chi connectivity index (χ4v) is 1.71. The molecular weight excluding hydrogens is 176 g/mol. The average Bonchev–Trinajstić information content (AvgIpc) is 2.19. The van der Waals surface area contributed by atoms with Crippen LogP contribution in [0.4, 0.5) is 0 Å². The molecule has 2 atom stereocenters. The molecule has 0 unspecified atom stereocenters. The molecule has 0 fully saturated rings. The van der Waals surface area contributed by atoms with E-state index in [2.05, 4.69) is 13.8 Å². The first-order valence-corrected chi connectivity index (χ1v) is 6.05. The van der Waals surface area contributed by atoms with Crippen molar-refractivity contribution >= 4 is 0 Å². The maximum absolute atomic E-state index is 9.80. The second-order valence-corrected chi connectivity index (χ2v) is 4.15. The third-order valence-electron chi connectivity index (χ3n) is 2.81. The van der Waals surface area contributed by atoms with Crippen molar-refractivity contribution in [3.8, 4) is 0 Å². The summed E-state index contributed by atoms with van der Waals surface area (Å²) in [5.74, 6) is 0.104. The Labute approximate surface area is 88.3 Å². The lowest BCUT2D eigenvalue weighted by molar-refractivity contribution is 0.0532. The van der Waals surface area contributed by atoms with Crippen LogP contribution in [0.2, 0.25) is 0 Å². The topological polar surface area (TPSA) is 40.5 Å². The highest BCUT2D eigenvalue weighted by Crippen LogP contribution is 2.17. The molecule has 2 nitrogen and oxygen atoms in total. The average molecular weight is 202 g/mol. The van der Waals surface area contributed by atoms with Crippen LogP contribution < -0.4 is 0 Å². The van der Waals surface area contributed by atoms with Gasteiger partial charge in [0, 0.05) is 12.5 Å². The highest BCUT2D eigenvalue weighted by Gasteiger charge is 2.16. The molecule has 0 aliphatic rings. The SMILES string of the molecule is CCCCC[C@@H](O)[C@@H](CO)CCCC. The van der Waals surface area contributed by atoms with Crippen LogP contribution in [0.5, 0.6) is 0 Å². The zero-order valence-corrected chi connectivity index (χ0v) is 9.71. The number of unbranched alkanes of at least 4 members (excludes halogenated alkanes) is 3. The molecule has 0 aliphatic carbocycles. The van der Waals surface area contributed by atoms with Crippen molar-refractivity contribution in [1.29, 1.82) is 0 Å². The van der Waals surface area contributed by atoms with Crippen LogP contribution in [0, 0.1) is 5.92 Å². The largest absolute Gasteiger partial charge is 0.396 e. The quantitative estimate of drug-likeness (QED) is 0.564.